The van der Waals surface area contributed by atoms with Gasteiger partial charge in [0.25, 0.3) is 0 Å². The van der Waals surface area contributed by atoms with E-state index < -0.39 is 5.54 Å². The highest BCUT2D eigenvalue weighted by molar-refractivity contribution is 5.80. The van der Waals surface area contributed by atoms with Crippen LogP contribution in [0, 0.1) is 0 Å². The van der Waals surface area contributed by atoms with Crippen LogP contribution in [0.3, 0.4) is 0 Å². The molecule has 0 spiro atoms. The third-order valence-electron chi connectivity index (χ3n) is 4.57. The Hall–Kier alpha value is -0.610. The second-order valence-electron chi connectivity index (χ2n) is 6.09. The number of hydrogen-bond acceptors (Lipinski definition) is 4. The molecule has 4 nitrogen and oxygen atoms in total. The molecule has 1 saturated heterocycles. The van der Waals surface area contributed by atoms with Crippen LogP contribution in [-0.2, 0) is 14.3 Å². The summed E-state index contributed by atoms with van der Waals surface area (Å²) in [6.45, 7) is 3.98. The second-order valence-corrected chi connectivity index (χ2v) is 6.09. The molecule has 116 valence electrons. The first-order valence-corrected chi connectivity index (χ1v) is 8.31. The van der Waals surface area contributed by atoms with E-state index >= 15 is 0 Å². The molecule has 1 atom stereocenters. The van der Waals surface area contributed by atoms with E-state index in [1.54, 1.807) is 0 Å². The average Bonchev–Trinajstić information content (AvgIpc) is 2.91. The van der Waals surface area contributed by atoms with Gasteiger partial charge in [-0.2, -0.15) is 0 Å². The van der Waals surface area contributed by atoms with Crippen molar-refractivity contribution in [1.82, 2.24) is 5.32 Å². The zero-order valence-corrected chi connectivity index (χ0v) is 12.8. The van der Waals surface area contributed by atoms with Crippen molar-refractivity contribution in [2.24, 2.45) is 0 Å². The Balaban J connectivity index is 1.98. The number of carbonyl (C=O) groups excluding carboxylic acids is 1. The Morgan fingerprint density at radius 2 is 1.90 bits per heavy atom. The molecule has 1 unspecified atom stereocenters. The lowest BCUT2D eigenvalue weighted by atomic mass is 9.83. The Labute approximate surface area is 122 Å². The zero-order chi connectivity index (χ0) is 14.3. The van der Waals surface area contributed by atoms with Gasteiger partial charge in [-0.25, -0.2) is 0 Å². The van der Waals surface area contributed by atoms with Gasteiger partial charge >= 0.3 is 5.97 Å². The van der Waals surface area contributed by atoms with Crippen LogP contribution in [0.2, 0.25) is 0 Å². The van der Waals surface area contributed by atoms with E-state index in [4.69, 9.17) is 9.47 Å². The monoisotopic (exact) mass is 283 g/mol. The summed E-state index contributed by atoms with van der Waals surface area (Å²) in [5, 5.41) is 3.53. The van der Waals surface area contributed by atoms with Crippen molar-refractivity contribution in [3.63, 3.8) is 0 Å². The van der Waals surface area contributed by atoms with Crippen molar-refractivity contribution in [1.29, 1.82) is 0 Å². The van der Waals surface area contributed by atoms with Crippen LogP contribution in [0.15, 0.2) is 0 Å². The molecule has 1 saturated carbocycles. The lowest BCUT2D eigenvalue weighted by molar-refractivity contribution is -0.152. The largest absolute Gasteiger partial charge is 0.465 e. The van der Waals surface area contributed by atoms with Crippen molar-refractivity contribution < 1.29 is 14.3 Å². The van der Waals surface area contributed by atoms with Gasteiger partial charge in [0.15, 0.2) is 0 Å². The van der Waals surface area contributed by atoms with Crippen molar-refractivity contribution >= 4 is 5.97 Å². The molecular formula is C16H29NO3. The second kappa shape index (κ2) is 7.99. The Kier molecular flexibility index (Phi) is 6.30. The molecule has 1 N–H and O–H groups in total. The van der Waals surface area contributed by atoms with Crippen LogP contribution in [0.5, 0.6) is 0 Å². The first-order chi connectivity index (χ1) is 9.77. The third-order valence-corrected chi connectivity index (χ3v) is 4.57. The lowest BCUT2D eigenvalue weighted by Gasteiger charge is -2.35. The summed E-state index contributed by atoms with van der Waals surface area (Å²) in [6.07, 6.45) is 10.3. The molecule has 0 aromatic heterocycles. The van der Waals surface area contributed by atoms with Gasteiger partial charge in [-0.1, -0.05) is 32.1 Å². The van der Waals surface area contributed by atoms with Crippen LogP contribution >= 0.6 is 0 Å². The molecule has 0 radical (unpaired) electrons. The number of carbonyl (C=O) groups is 1. The van der Waals surface area contributed by atoms with E-state index in [2.05, 4.69) is 5.32 Å². The maximum Gasteiger partial charge on any atom is 0.326 e. The highest BCUT2D eigenvalue weighted by Crippen LogP contribution is 2.28. The molecule has 0 aromatic rings. The molecule has 1 aliphatic heterocycles. The molecule has 0 aromatic carbocycles. The van der Waals surface area contributed by atoms with E-state index in [-0.39, 0.29) is 12.1 Å². The number of hydrogen-bond donors (Lipinski definition) is 1. The van der Waals surface area contributed by atoms with Crippen LogP contribution in [-0.4, -0.2) is 37.4 Å². The van der Waals surface area contributed by atoms with Crippen LogP contribution < -0.4 is 5.32 Å². The van der Waals surface area contributed by atoms with Gasteiger partial charge < -0.3 is 9.47 Å². The van der Waals surface area contributed by atoms with Gasteiger partial charge in [-0.15, -0.1) is 0 Å². The van der Waals surface area contributed by atoms with Gasteiger partial charge in [0.05, 0.1) is 12.7 Å². The predicted molar refractivity (Wildman–Crippen MR) is 78.7 cm³/mol. The number of rotatable bonds is 5. The Morgan fingerprint density at radius 1 is 1.20 bits per heavy atom. The van der Waals surface area contributed by atoms with E-state index in [0.717, 1.165) is 51.7 Å². The normalized spacial score (nSPS) is 26.8. The van der Waals surface area contributed by atoms with Gasteiger partial charge in [0.1, 0.15) is 5.54 Å². The van der Waals surface area contributed by atoms with Crippen LogP contribution in [0.4, 0.5) is 0 Å². The van der Waals surface area contributed by atoms with Gasteiger partial charge in [0.2, 0.25) is 0 Å². The summed E-state index contributed by atoms with van der Waals surface area (Å²) < 4.78 is 11.0. The minimum Gasteiger partial charge on any atom is -0.465 e. The van der Waals surface area contributed by atoms with Crippen LogP contribution in [0.25, 0.3) is 0 Å². The van der Waals surface area contributed by atoms with Gasteiger partial charge in [0, 0.05) is 13.2 Å². The Morgan fingerprint density at radius 3 is 2.50 bits per heavy atom. The number of esters is 1. The smallest absolute Gasteiger partial charge is 0.326 e. The van der Waals surface area contributed by atoms with Gasteiger partial charge in [-0.05, 0) is 32.6 Å². The summed E-state index contributed by atoms with van der Waals surface area (Å²) in [7, 11) is 0. The van der Waals surface area contributed by atoms with Crippen LogP contribution in [0.1, 0.15) is 64.7 Å². The quantitative estimate of drug-likeness (QED) is 0.788. The van der Waals surface area contributed by atoms with Gasteiger partial charge in [-0.3, -0.25) is 10.1 Å². The minimum atomic E-state index is -0.470. The molecule has 0 bridgehead atoms. The summed E-state index contributed by atoms with van der Waals surface area (Å²) in [5.74, 6) is -0.0557. The standard InChI is InChI=1S/C16H29NO3/c1-2-19-15(18)16(10-6-4-3-5-7-11-16)17-13-14-9-8-12-20-14/h14,17H,2-13H2,1H3. The molecule has 2 rings (SSSR count). The number of nitrogens with one attached hydrogen (secondary N) is 1. The molecule has 20 heavy (non-hydrogen) atoms. The molecule has 4 heteroatoms. The average molecular weight is 283 g/mol. The Bertz CT molecular complexity index is 292. The number of ether oxygens (including phenoxy) is 2. The fourth-order valence-corrected chi connectivity index (χ4v) is 3.35. The first-order valence-electron chi connectivity index (χ1n) is 8.31. The molecule has 0 amide bonds. The predicted octanol–water partition coefficient (Wildman–Crippen LogP) is 2.80. The first kappa shape index (κ1) is 15.8. The molecule has 2 fully saturated rings. The summed E-state index contributed by atoms with van der Waals surface area (Å²) in [4.78, 5) is 12.5. The van der Waals surface area contributed by atoms with E-state index in [1.807, 2.05) is 6.92 Å². The SMILES string of the molecule is CCOC(=O)C1(NCC2CCCO2)CCCCCCC1. The summed E-state index contributed by atoms with van der Waals surface area (Å²) in [6, 6.07) is 0. The minimum absolute atomic E-state index is 0.0557. The fraction of sp³-hybridized carbons (Fsp3) is 0.938. The zero-order valence-electron chi connectivity index (χ0n) is 12.8. The van der Waals surface area contributed by atoms with Crippen molar-refractivity contribution in [3.8, 4) is 0 Å². The maximum absolute atomic E-state index is 12.5. The van der Waals surface area contributed by atoms with Crippen molar-refractivity contribution in [2.75, 3.05) is 19.8 Å². The van der Waals surface area contributed by atoms with E-state index in [0.29, 0.717) is 6.61 Å². The topological polar surface area (TPSA) is 47.6 Å². The molecule has 1 heterocycles. The van der Waals surface area contributed by atoms with E-state index in [1.165, 1.54) is 19.3 Å². The molecule has 2 aliphatic rings. The summed E-state index contributed by atoms with van der Waals surface area (Å²) >= 11 is 0. The third kappa shape index (κ3) is 4.19. The molecular weight excluding hydrogens is 254 g/mol. The fourth-order valence-electron chi connectivity index (χ4n) is 3.35. The molecule has 1 aliphatic carbocycles. The summed E-state index contributed by atoms with van der Waals surface area (Å²) in [5.41, 5.74) is -0.470. The van der Waals surface area contributed by atoms with Crippen molar-refractivity contribution in [3.05, 3.63) is 0 Å². The van der Waals surface area contributed by atoms with Crippen molar-refractivity contribution in [2.45, 2.75) is 76.4 Å². The highest BCUT2D eigenvalue weighted by Gasteiger charge is 2.39. The maximum atomic E-state index is 12.5. The lowest BCUT2D eigenvalue weighted by Crippen LogP contribution is -2.55. The van der Waals surface area contributed by atoms with E-state index in [9.17, 15) is 4.79 Å². The highest BCUT2D eigenvalue weighted by atomic mass is 16.5.